The zero-order valence-corrected chi connectivity index (χ0v) is 12.9. The van der Waals surface area contributed by atoms with Gasteiger partial charge in [-0.25, -0.2) is 0 Å². The molecule has 0 amide bonds. The standard InChI is InChI=1S/C16H23NO4/c1-4-17-7-8-20-14(10-17)11-21-16-9-13(19-3)5-6-15(16)12(2)18/h5-6,9,14H,4,7-8,10-11H2,1-3H3. The molecule has 1 fully saturated rings. The molecule has 5 nitrogen and oxygen atoms in total. The summed E-state index contributed by atoms with van der Waals surface area (Å²) in [7, 11) is 1.59. The van der Waals surface area contributed by atoms with E-state index < -0.39 is 0 Å². The van der Waals surface area contributed by atoms with Gasteiger partial charge in [-0.3, -0.25) is 9.69 Å². The first-order valence-electron chi connectivity index (χ1n) is 7.29. The quantitative estimate of drug-likeness (QED) is 0.751. The van der Waals surface area contributed by atoms with Crippen molar-refractivity contribution in [3.63, 3.8) is 0 Å². The average molecular weight is 293 g/mol. The summed E-state index contributed by atoms with van der Waals surface area (Å²) < 4.78 is 16.7. The van der Waals surface area contributed by atoms with Gasteiger partial charge in [-0.15, -0.1) is 0 Å². The fourth-order valence-electron chi connectivity index (χ4n) is 2.39. The van der Waals surface area contributed by atoms with Crippen LogP contribution >= 0.6 is 0 Å². The smallest absolute Gasteiger partial charge is 0.163 e. The third-order valence-corrected chi connectivity index (χ3v) is 3.66. The van der Waals surface area contributed by atoms with Crippen LogP contribution in [0.1, 0.15) is 24.2 Å². The van der Waals surface area contributed by atoms with Gasteiger partial charge in [0.2, 0.25) is 0 Å². The topological polar surface area (TPSA) is 48.0 Å². The van der Waals surface area contributed by atoms with E-state index in [2.05, 4.69) is 11.8 Å². The minimum Gasteiger partial charge on any atom is -0.497 e. The first kappa shape index (κ1) is 15.8. The molecule has 0 aliphatic carbocycles. The van der Waals surface area contributed by atoms with Crippen LogP contribution < -0.4 is 9.47 Å². The lowest BCUT2D eigenvalue weighted by Gasteiger charge is -2.32. The summed E-state index contributed by atoms with van der Waals surface area (Å²) >= 11 is 0. The Kier molecular flexibility index (Phi) is 5.59. The van der Waals surface area contributed by atoms with Crippen molar-refractivity contribution >= 4 is 5.78 Å². The maximum Gasteiger partial charge on any atom is 0.163 e. The van der Waals surface area contributed by atoms with Gasteiger partial charge in [-0.05, 0) is 25.6 Å². The molecule has 2 rings (SSSR count). The van der Waals surface area contributed by atoms with E-state index in [0.29, 0.717) is 23.7 Å². The number of methoxy groups -OCH3 is 1. The lowest BCUT2D eigenvalue weighted by molar-refractivity contribution is -0.0465. The highest BCUT2D eigenvalue weighted by atomic mass is 16.5. The number of hydrogen-bond donors (Lipinski definition) is 0. The number of benzene rings is 1. The van der Waals surface area contributed by atoms with Gasteiger partial charge < -0.3 is 14.2 Å². The zero-order valence-electron chi connectivity index (χ0n) is 12.9. The Hall–Kier alpha value is -1.59. The van der Waals surface area contributed by atoms with Crippen LogP contribution in [0.15, 0.2) is 18.2 Å². The third kappa shape index (κ3) is 4.19. The number of carbonyl (C=O) groups excluding carboxylic acids is 1. The van der Waals surface area contributed by atoms with E-state index in [1.807, 2.05) is 0 Å². The van der Waals surface area contributed by atoms with Crippen molar-refractivity contribution in [2.45, 2.75) is 20.0 Å². The van der Waals surface area contributed by atoms with Crippen molar-refractivity contribution in [3.8, 4) is 11.5 Å². The molecule has 0 spiro atoms. The van der Waals surface area contributed by atoms with Crippen LogP contribution in [-0.4, -0.2) is 56.7 Å². The predicted molar refractivity (Wildman–Crippen MR) is 80.3 cm³/mol. The molecule has 1 atom stereocenters. The summed E-state index contributed by atoms with van der Waals surface area (Å²) in [4.78, 5) is 14.0. The highest BCUT2D eigenvalue weighted by Gasteiger charge is 2.20. The summed E-state index contributed by atoms with van der Waals surface area (Å²) in [6.07, 6.45) is 0.0321. The Balaban J connectivity index is 2.02. The second kappa shape index (κ2) is 7.43. The average Bonchev–Trinajstić information content (AvgIpc) is 2.52. The Morgan fingerprint density at radius 3 is 2.95 bits per heavy atom. The SMILES string of the molecule is CCN1CCOC(COc2cc(OC)ccc2C(C)=O)C1. The third-order valence-electron chi connectivity index (χ3n) is 3.66. The van der Waals surface area contributed by atoms with Gasteiger partial charge in [0.1, 0.15) is 24.2 Å². The number of ketones is 1. The van der Waals surface area contributed by atoms with Gasteiger partial charge >= 0.3 is 0 Å². The molecule has 116 valence electrons. The number of likely N-dealkylation sites (N-methyl/N-ethyl adjacent to an activating group) is 1. The number of Topliss-reactive ketones (excluding diaryl/α,β-unsaturated/α-hetero) is 1. The highest BCUT2D eigenvalue weighted by molar-refractivity contribution is 5.97. The molecule has 21 heavy (non-hydrogen) atoms. The fraction of sp³-hybridized carbons (Fsp3) is 0.562. The highest BCUT2D eigenvalue weighted by Crippen LogP contribution is 2.25. The van der Waals surface area contributed by atoms with E-state index in [1.165, 1.54) is 6.92 Å². The normalized spacial score (nSPS) is 19.3. The van der Waals surface area contributed by atoms with Crippen molar-refractivity contribution in [1.29, 1.82) is 0 Å². The molecule has 1 unspecified atom stereocenters. The predicted octanol–water partition coefficient (Wildman–Crippen LogP) is 2.00. The molecule has 0 saturated carbocycles. The number of ether oxygens (including phenoxy) is 3. The first-order valence-corrected chi connectivity index (χ1v) is 7.29. The Morgan fingerprint density at radius 2 is 2.29 bits per heavy atom. The van der Waals surface area contributed by atoms with Crippen molar-refractivity contribution in [2.75, 3.05) is 40.0 Å². The maximum absolute atomic E-state index is 11.7. The number of carbonyl (C=O) groups is 1. The second-order valence-corrected chi connectivity index (χ2v) is 5.12. The fourth-order valence-corrected chi connectivity index (χ4v) is 2.39. The van der Waals surface area contributed by atoms with Crippen molar-refractivity contribution in [1.82, 2.24) is 4.90 Å². The Morgan fingerprint density at radius 1 is 1.48 bits per heavy atom. The lowest BCUT2D eigenvalue weighted by Crippen LogP contribution is -2.44. The van der Waals surface area contributed by atoms with Crippen molar-refractivity contribution < 1.29 is 19.0 Å². The van der Waals surface area contributed by atoms with Crippen LogP contribution in [0.5, 0.6) is 11.5 Å². The van der Waals surface area contributed by atoms with E-state index in [9.17, 15) is 4.79 Å². The van der Waals surface area contributed by atoms with Crippen LogP contribution in [0.4, 0.5) is 0 Å². The molecule has 0 N–H and O–H groups in total. The molecule has 1 aliphatic heterocycles. The van der Waals surface area contributed by atoms with Gasteiger partial charge in [0.15, 0.2) is 5.78 Å². The molecule has 0 radical (unpaired) electrons. The molecule has 5 heteroatoms. The van der Waals surface area contributed by atoms with Gasteiger partial charge in [0, 0.05) is 19.2 Å². The molecule has 1 aliphatic rings. The van der Waals surface area contributed by atoms with Crippen LogP contribution in [-0.2, 0) is 4.74 Å². The number of nitrogens with zero attached hydrogens (tertiary/aromatic N) is 1. The van der Waals surface area contributed by atoms with Gasteiger partial charge in [0.25, 0.3) is 0 Å². The van der Waals surface area contributed by atoms with E-state index in [1.54, 1.807) is 25.3 Å². The number of hydrogen-bond acceptors (Lipinski definition) is 5. The monoisotopic (exact) mass is 293 g/mol. The second-order valence-electron chi connectivity index (χ2n) is 5.12. The maximum atomic E-state index is 11.7. The van der Waals surface area contributed by atoms with Crippen LogP contribution in [0.25, 0.3) is 0 Å². The zero-order chi connectivity index (χ0) is 15.2. The number of rotatable bonds is 6. The van der Waals surface area contributed by atoms with Crippen molar-refractivity contribution in [3.05, 3.63) is 23.8 Å². The van der Waals surface area contributed by atoms with E-state index in [4.69, 9.17) is 14.2 Å². The molecule has 1 heterocycles. The Labute approximate surface area is 125 Å². The molecule has 1 aromatic rings. The van der Waals surface area contributed by atoms with Gasteiger partial charge in [-0.1, -0.05) is 6.92 Å². The summed E-state index contributed by atoms with van der Waals surface area (Å²) in [6, 6.07) is 5.24. The summed E-state index contributed by atoms with van der Waals surface area (Å²) in [5.74, 6) is 1.21. The largest absolute Gasteiger partial charge is 0.497 e. The number of morpholine rings is 1. The molecule has 1 aromatic carbocycles. The molecule has 1 saturated heterocycles. The first-order chi connectivity index (χ1) is 10.1. The lowest BCUT2D eigenvalue weighted by atomic mass is 10.1. The van der Waals surface area contributed by atoms with E-state index in [-0.39, 0.29) is 11.9 Å². The van der Waals surface area contributed by atoms with E-state index >= 15 is 0 Å². The summed E-state index contributed by atoms with van der Waals surface area (Å²) in [5.41, 5.74) is 0.568. The molecular weight excluding hydrogens is 270 g/mol. The summed E-state index contributed by atoms with van der Waals surface area (Å²) in [6.45, 7) is 7.66. The molecular formula is C16H23NO4. The molecule has 0 aromatic heterocycles. The molecule has 0 bridgehead atoms. The van der Waals surface area contributed by atoms with Crippen molar-refractivity contribution in [2.24, 2.45) is 0 Å². The van der Waals surface area contributed by atoms with Crippen LogP contribution in [0, 0.1) is 0 Å². The van der Waals surface area contributed by atoms with Crippen LogP contribution in [0.2, 0.25) is 0 Å². The minimum atomic E-state index is -0.0209. The Bertz CT molecular complexity index is 489. The summed E-state index contributed by atoms with van der Waals surface area (Å²) in [5, 5.41) is 0. The van der Waals surface area contributed by atoms with Crippen LogP contribution in [0.3, 0.4) is 0 Å². The van der Waals surface area contributed by atoms with Gasteiger partial charge in [0.05, 0.1) is 19.3 Å². The minimum absolute atomic E-state index is 0.0209. The van der Waals surface area contributed by atoms with Gasteiger partial charge in [-0.2, -0.15) is 0 Å². The van der Waals surface area contributed by atoms with E-state index in [0.717, 1.165) is 26.2 Å².